The Morgan fingerprint density at radius 3 is 2.52 bits per heavy atom. The first-order valence-electron chi connectivity index (χ1n) is 9.14. The third kappa shape index (κ3) is 4.20. The third-order valence-corrected chi connectivity index (χ3v) is 4.68. The summed E-state index contributed by atoms with van der Waals surface area (Å²) in [5.74, 6) is 0. The predicted molar refractivity (Wildman–Crippen MR) is 110 cm³/mol. The fraction of sp³-hybridized carbons (Fsp3) is 0.391. The van der Waals surface area contributed by atoms with E-state index in [4.69, 9.17) is 0 Å². The van der Waals surface area contributed by atoms with Gasteiger partial charge in [-0.2, -0.15) is 0 Å². The highest BCUT2D eigenvalue weighted by Gasteiger charge is 2.18. The molecule has 0 aromatic heterocycles. The van der Waals surface area contributed by atoms with Gasteiger partial charge in [0, 0.05) is 18.6 Å². The number of likely N-dealkylation sites (N-methyl/N-ethyl adjacent to an activating group) is 1. The van der Waals surface area contributed by atoms with Gasteiger partial charge in [-0.05, 0) is 74.3 Å². The lowest BCUT2D eigenvalue weighted by molar-refractivity contribution is 0.425. The Balaban J connectivity index is 2.11. The number of nitrogens with zero attached hydrogens (tertiary/aromatic N) is 1. The number of allylic oxidation sites excluding steroid dienone is 2. The Hall–Kier alpha value is -1.90. The molecular formula is C23H30N2. The largest absolute Gasteiger partial charge is 0.308 e. The third-order valence-electron chi connectivity index (χ3n) is 4.68. The van der Waals surface area contributed by atoms with Crippen molar-refractivity contribution in [1.29, 1.82) is 0 Å². The minimum Gasteiger partial charge on any atom is -0.308 e. The van der Waals surface area contributed by atoms with E-state index in [0.717, 1.165) is 19.5 Å². The van der Waals surface area contributed by atoms with Crippen LogP contribution in [0, 0.1) is 0 Å². The van der Waals surface area contributed by atoms with Crippen molar-refractivity contribution in [3.8, 4) is 0 Å². The van der Waals surface area contributed by atoms with Crippen LogP contribution in [0.3, 0.4) is 0 Å². The van der Waals surface area contributed by atoms with Crippen molar-refractivity contribution in [2.24, 2.45) is 0 Å². The average molecular weight is 335 g/mol. The molecular weight excluding hydrogens is 304 g/mol. The summed E-state index contributed by atoms with van der Waals surface area (Å²) in [6.45, 7) is 8.56. The Labute approximate surface area is 152 Å². The minimum atomic E-state index is 0.100. The van der Waals surface area contributed by atoms with E-state index in [9.17, 15) is 0 Å². The van der Waals surface area contributed by atoms with Gasteiger partial charge in [0.15, 0.2) is 0 Å². The molecule has 0 saturated heterocycles. The van der Waals surface area contributed by atoms with E-state index in [2.05, 4.69) is 93.6 Å². The monoisotopic (exact) mass is 334 g/mol. The van der Waals surface area contributed by atoms with Gasteiger partial charge in [0.2, 0.25) is 0 Å². The smallest absolute Gasteiger partial charge is 0.0230 e. The fourth-order valence-electron chi connectivity index (χ4n) is 3.49. The second-order valence-corrected chi connectivity index (χ2v) is 8.26. The second-order valence-electron chi connectivity index (χ2n) is 8.26. The highest BCUT2D eigenvalue weighted by molar-refractivity contribution is 5.92. The first kappa shape index (κ1) is 17.9. The van der Waals surface area contributed by atoms with Crippen molar-refractivity contribution < 1.29 is 0 Å². The zero-order valence-electron chi connectivity index (χ0n) is 16.2. The topological polar surface area (TPSA) is 15.3 Å². The Bertz CT molecular complexity index is 820. The molecule has 25 heavy (non-hydrogen) atoms. The molecule has 1 N–H and O–H groups in total. The number of benzene rings is 2. The molecule has 0 heterocycles. The van der Waals surface area contributed by atoms with Gasteiger partial charge in [-0.15, -0.1) is 0 Å². The van der Waals surface area contributed by atoms with Crippen LogP contribution in [-0.4, -0.2) is 31.1 Å². The van der Waals surface area contributed by atoms with Gasteiger partial charge in [-0.25, -0.2) is 0 Å². The molecule has 1 aliphatic carbocycles. The van der Waals surface area contributed by atoms with E-state index in [0.29, 0.717) is 0 Å². The quantitative estimate of drug-likeness (QED) is 0.827. The molecule has 0 fully saturated rings. The van der Waals surface area contributed by atoms with E-state index in [-0.39, 0.29) is 5.54 Å². The van der Waals surface area contributed by atoms with Gasteiger partial charge in [0.1, 0.15) is 0 Å². The maximum absolute atomic E-state index is 3.70. The number of rotatable bonds is 5. The standard InChI is InChI=1S/C23H30N2/c1-23(2,3)24-15-22-19-11-7-6-9-17(19)13-14-21(22)20-12-8-10-18(20)16-25(4)5/h6-11,13-14,24H,12,15-16H2,1-5H3. The molecule has 0 saturated carbocycles. The molecule has 2 aromatic rings. The molecule has 0 unspecified atom stereocenters. The van der Waals surface area contributed by atoms with E-state index < -0.39 is 0 Å². The molecule has 0 bridgehead atoms. The molecule has 2 heteroatoms. The van der Waals surface area contributed by atoms with Gasteiger partial charge < -0.3 is 10.2 Å². The highest BCUT2D eigenvalue weighted by atomic mass is 15.0. The van der Waals surface area contributed by atoms with Crippen LogP contribution in [0.5, 0.6) is 0 Å². The van der Waals surface area contributed by atoms with Gasteiger partial charge >= 0.3 is 0 Å². The van der Waals surface area contributed by atoms with Gasteiger partial charge in [0.25, 0.3) is 0 Å². The van der Waals surface area contributed by atoms with Crippen LogP contribution in [-0.2, 0) is 6.54 Å². The lowest BCUT2D eigenvalue weighted by atomic mass is 9.91. The molecule has 3 rings (SSSR count). The van der Waals surface area contributed by atoms with Crippen LogP contribution in [0.2, 0.25) is 0 Å². The van der Waals surface area contributed by atoms with Gasteiger partial charge in [-0.3, -0.25) is 0 Å². The summed E-state index contributed by atoms with van der Waals surface area (Å²) >= 11 is 0. The zero-order valence-corrected chi connectivity index (χ0v) is 16.2. The van der Waals surface area contributed by atoms with Crippen LogP contribution in [0.1, 0.15) is 38.3 Å². The van der Waals surface area contributed by atoms with Crippen molar-refractivity contribution in [3.63, 3.8) is 0 Å². The van der Waals surface area contributed by atoms with Crippen molar-refractivity contribution in [2.45, 2.75) is 39.3 Å². The first-order chi connectivity index (χ1) is 11.8. The normalized spacial score (nSPS) is 15.0. The molecule has 0 atom stereocenters. The summed E-state index contributed by atoms with van der Waals surface area (Å²) < 4.78 is 0. The highest BCUT2D eigenvalue weighted by Crippen LogP contribution is 2.35. The predicted octanol–water partition coefficient (Wildman–Crippen LogP) is 5.00. The average Bonchev–Trinajstić information content (AvgIpc) is 2.98. The van der Waals surface area contributed by atoms with E-state index in [1.807, 2.05) is 0 Å². The zero-order chi connectivity index (χ0) is 18.0. The van der Waals surface area contributed by atoms with Crippen LogP contribution in [0.4, 0.5) is 0 Å². The first-order valence-corrected chi connectivity index (χ1v) is 9.14. The van der Waals surface area contributed by atoms with E-state index >= 15 is 0 Å². The molecule has 0 amide bonds. The number of hydrogen-bond donors (Lipinski definition) is 1. The summed E-state index contributed by atoms with van der Waals surface area (Å²) in [5.41, 5.74) is 5.84. The lowest BCUT2D eigenvalue weighted by Crippen LogP contribution is -2.35. The van der Waals surface area contributed by atoms with Crippen molar-refractivity contribution in [3.05, 3.63) is 65.3 Å². The number of hydrogen-bond acceptors (Lipinski definition) is 2. The molecule has 0 spiro atoms. The summed E-state index contributed by atoms with van der Waals surface area (Å²) in [6, 6.07) is 13.3. The van der Waals surface area contributed by atoms with Crippen LogP contribution < -0.4 is 5.32 Å². The minimum absolute atomic E-state index is 0.100. The van der Waals surface area contributed by atoms with Gasteiger partial charge in [0.05, 0.1) is 0 Å². The van der Waals surface area contributed by atoms with E-state index in [1.54, 1.807) is 0 Å². The number of fused-ring (bicyclic) bond motifs is 1. The summed E-state index contributed by atoms with van der Waals surface area (Å²) in [6.07, 6.45) is 5.62. The summed E-state index contributed by atoms with van der Waals surface area (Å²) in [5, 5.41) is 6.38. The number of nitrogens with one attached hydrogen (secondary N) is 1. The summed E-state index contributed by atoms with van der Waals surface area (Å²) in [7, 11) is 4.28. The second kappa shape index (κ2) is 7.15. The summed E-state index contributed by atoms with van der Waals surface area (Å²) in [4.78, 5) is 2.25. The van der Waals surface area contributed by atoms with Crippen LogP contribution >= 0.6 is 0 Å². The maximum atomic E-state index is 3.70. The van der Waals surface area contributed by atoms with E-state index in [1.165, 1.54) is 33.0 Å². The Morgan fingerprint density at radius 1 is 1.04 bits per heavy atom. The fourth-order valence-corrected chi connectivity index (χ4v) is 3.49. The molecule has 2 nitrogen and oxygen atoms in total. The van der Waals surface area contributed by atoms with Crippen LogP contribution in [0.25, 0.3) is 16.3 Å². The molecule has 0 aliphatic heterocycles. The Morgan fingerprint density at radius 2 is 1.80 bits per heavy atom. The van der Waals surface area contributed by atoms with Crippen molar-refractivity contribution in [1.82, 2.24) is 10.2 Å². The lowest BCUT2D eigenvalue weighted by Gasteiger charge is -2.24. The van der Waals surface area contributed by atoms with Gasteiger partial charge in [-0.1, -0.05) is 48.6 Å². The molecule has 1 aliphatic rings. The van der Waals surface area contributed by atoms with Crippen LogP contribution in [0.15, 0.2) is 54.1 Å². The molecule has 2 aromatic carbocycles. The molecule has 132 valence electrons. The maximum Gasteiger partial charge on any atom is 0.0230 e. The SMILES string of the molecule is CN(C)CC1=C(c2ccc3ccccc3c2CNC(C)(C)C)CC=C1. The van der Waals surface area contributed by atoms with Crippen molar-refractivity contribution in [2.75, 3.05) is 20.6 Å². The molecule has 0 radical (unpaired) electrons. The van der Waals surface area contributed by atoms with Crippen molar-refractivity contribution >= 4 is 16.3 Å². The Kier molecular flexibility index (Phi) is 5.12.